The maximum atomic E-state index is 12.8. The number of benzene rings is 2. The highest BCUT2D eigenvalue weighted by Gasteiger charge is 2.49. The minimum atomic E-state index is -1.10. The van der Waals surface area contributed by atoms with Gasteiger partial charge in [0, 0.05) is 17.0 Å². The van der Waals surface area contributed by atoms with E-state index in [4.69, 9.17) is 13.9 Å². The van der Waals surface area contributed by atoms with Gasteiger partial charge >= 0.3 is 17.6 Å². The Morgan fingerprint density at radius 2 is 1.63 bits per heavy atom. The molecule has 0 fully saturated rings. The number of methoxy groups -OCH3 is 2. The second kappa shape index (κ2) is 7.82. The molecule has 3 aromatic rings. The molecule has 0 saturated heterocycles. The quantitative estimate of drug-likeness (QED) is 0.484. The third-order valence-electron chi connectivity index (χ3n) is 4.93. The zero-order valence-electron chi connectivity index (χ0n) is 16.3. The molecule has 152 valence electrons. The van der Waals surface area contributed by atoms with Crippen LogP contribution in [0.4, 0.5) is 5.69 Å². The maximum absolute atomic E-state index is 12.8. The van der Waals surface area contributed by atoms with Crippen LogP contribution in [-0.2, 0) is 19.1 Å². The summed E-state index contributed by atoms with van der Waals surface area (Å²) in [7, 11) is 2.47. The van der Waals surface area contributed by atoms with Gasteiger partial charge < -0.3 is 13.9 Å². The molecule has 30 heavy (non-hydrogen) atoms. The summed E-state index contributed by atoms with van der Waals surface area (Å²) in [6.07, 6.45) is 0. The minimum Gasteiger partial charge on any atom is -0.468 e. The largest absolute Gasteiger partial charge is 0.468 e. The lowest BCUT2D eigenvalue weighted by Crippen LogP contribution is -2.45. The molecule has 2 atom stereocenters. The van der Waals surface area contributed by atoms with Crippen molar-refractivity contribution in [1.29, 1.82) is 0 Å². The van der Waals surface area contributed by atoms with E-state index in [1.54, 1.807) is 48.5 Å². The van der Waals surface area contributed by atoms with Crippen molar-refractivity contribution in [2.75, 3.05) is 19.2 Å². The highest BCUT2D eigenvalue weighted by Crippen LogP contribution is 2.34. The summed E-state index contributed by atoms with van der Waals surface area (Å²) in [5.41, 5.74) is 0.959. The van der Waals surface area contributed by atoms with E-state index in [0.29, 0.717) is 22.2 Å². The van der Waals surface area contributed by atoms with Crippen LogP contribution >= 0.6 is 0 Å². The van der Waals surface area contributed by atoms with Crippen LogP contribution < -0.4 is 10.6 Å². The lowest BCUT2D eigenvalue weighted by atomic mass is 9.89. The van der Waals surface area contributed by atoms with E-state index in [0.717, 1.165) is 0 Å². The van der Waals surface area contributed by atoms with Crippen LogP contribution in [0.25, 0.3) is 11.0 Å². The summed E-state index contributed by atoms with van der Waals surface area (Å²) in [6, 6.07) is 16.0. The Kier molecular flexibility index (Phi) is 5.05. The minimum absolute atomic E-state index is 0.227. The number of esters is 2. The monoisotopic (exact) mass is 406 g/mol. The number of hydrazone groups is 1. The van der Waals surface area contributed by atoms with Crippen LogP contribution in [0.1, 0.15) is 5.56 Å². The Morgan fingerprint density at radius 3 is 2.33 bits per heavy atom. The average molecular weight is 406 g/mol. The van der Waals surface area contributed by atoms with E-state index in [1.807, 2.05) is 6.07 Å². The van der Waals surface area contributed by atoms with Crippen LogP contribution in [0.3, 0.4) is 0 Å². The van der Waals surface area contributed by atoms with Gasteiger partial charge in [-0.1, -0.05) is 36.4 Å². The number of ether oxygens (including phenoxy) is 2. The van der Waals surface area contributed by atoms with Crippen molar-refractivity contribution in [1.82, 2.24) is 0 Å². The van der Waals surface area contributed by atoms with Gasteiger partial charge in [-0.3, -0.25) is 4.79 Å². The normalized spacial score (nSPS) is 18.2. The number of carbonyl (C=O) groups is 2. The fraction of sp³-hybridized carbons (Fsp3) is 0.182. The summed E-state index contributed by atoms with van der Waals surface area (Å²) in [4.78, 5) is 37.7. The summed E-state index contributed by atoms with van der Waals surface area (Å²) < 4.78 is 15.2. The molecule has 0 spiro atoms. The summed E-state index contributed by atoms with van der Waals surface area (Å²) in [5, 5.41) is 6.60. The Morgan fingerprint density at radius 1 is 0.967 bits per heavy atom. The SMILES string of the molecule is COC(=O)[C@H]1C(c2cc(=O)oc3ccccc23)=NN(c2ccccc2)[C@@H]1C(=O)OC. The van der Waals surface area contributed by atoms with Crippen molar-refractivity contribution in [3.63, 3.8) is 0 Å². The fourth-order valence-corrected chi connectivity index (χ4v) is 3.60. The van der Waals surface area contributed by atoms with Crippen molar-refractivity contribution < 1.29 is 23.5 Å². The topological polar surface area (TPSA) is 98.4 Å². The van der Waals surface area contributed by atoms with E-state index in [2.05, 4.69) is 5.10 Å². The highest BCUT2D eigenvalue weighted by atomic mass is 16.5. The van der Waals surface area contributed by atoms with Gasteiger partial charge in [-0.2, -0.15) is 5.10 Å². The third-order valence-corrected chi connectivity index (χ3v) is 4.93. The van der Waals surface area contributed by atoms with Crippen molar-refractivity contribution in [2.24, 2.45) is 11.0 Å². The highest BCUT2D eigenvalue weighted by molar-refractivity contribution is 6.21. The summed E-state index contributed by atoms with van der Waals surface area (Å²) in [6.45, 7) is 0. The van der Waals surface area contributed by atoms with E-state index >= 15 is 0 Å². The average Bonchev–Trinajstić information content (AvgIpc) is 3.18. The zero-order valence-corrected chi connectivity index (χ0v) is 16.3. The van der Waals surface area contributed by atoms with Gasteiger partial charge in [0.15, 0.2) is 6.04 Å². The molecule has 0 unspecified atom stereocenters. The van der Waals surface area contributed by atoms with E-state index in [9.17, 15) is 14.4 Å². The Bertz CT molecular complexity index is 1200. The van der Waals surface area contributed by atoms with Gasteiger partial charge in [0.2, 0.25) is 0 Å². The molecule has 2 aromatic carbocycles. The van der Waals surface area contributed by atoms with E-state index < -0.39 is 29.5 Å². The lowest BCUT2D eigenvalue weighted by molar-refractivity contribution is -0.150. The number of hydrogen-bond acceptors (Lipinski definition) is 8. The van der Waals surface area contributed by atoms with Gasteiger partial charge in [0.25, 0.3) is 0 Å². The van der Waals surface area contributed by atoms with Gasteiger partial charge in [-0.15, -0.1) is 0 Å². The molecule has 1 aromatic heterocycles. The molecular weight excluding hydrogens is 388 g/mol. The zero-order chi connectivity index (χ0) is 21.3. The molecule has 2 heterocycles. The molecule has 0 saturated carbocycles. The molecule has 0 bridgehead atoms. The predicted octanol–water partition coefficient (Wildman–Crippen LogP) is 2.35. The summed E-state index contributed by atoms with van der Waals surface area (Å²) in [5.74, 6) is -2.42. The van der Waals surface area contributed by atoms with Gasteiger partial charge in [-0.25, -0.2) is 14.6 Å². The number of anilines is 1. The van der Waals surface area contributed by atoms with Gasteiger partial charge in [0.1, 0.15) is 11.5 Å². The third kappa shape index (κ3) is 3.22. The Hall–Kier alpha value is -3.94. The van der Waals surface area contributed by atoms with Gasteiger partial charge in [0.05, 0.1) is 25.6 Å². The predicted molar refractivity (Wildman–Crippen MR) is 109 cm³/mol. The molecule has 8 nitrogen and oxygen atoms in total. The fourth-order valence-electron chi connectivity index (χ4n) is 3.60. The lowest BCUT2D eigenvalue weighted by Gasteiger charge is -2.24. The number of rotatable bonds is 4. The molecule has 0 aliphatic carbocycles. The van der Waals surface area contributed by atoms with Crippen LogP contribution in [0, 0.1) is 5.92 Å². The molecule has 1 aliphatic rings. The van der Waals surface area contributed by atoms with Crippen LogP contribution in [0.15, 0.2) is 75.0 Å². The second-order valence-electron chi connectivity index (χ2n) is 6.61. The van der Waals surface area contributed by atoms with E-state index in [1.165, 1.54) is 25.3 Å². The second-order valence-corrected chi connectivity index (χ2v) is 6.61. The molecule has 0 N–H and O–H groups in total. The molecule has 0 amide bonds. The standard InChI is InChI=1S/C22H18N2O6/c1-28-21(26)18-19(15-12-17(25)30-16-11-7-6-10-14(15)16)23-24(20(18)22(27)29-2)13-8-4-3-5-9-13/h3-12,18,20H,1-2H3/t18-,20-/m0/s1. The van der Waals surface area contributed by atoms with Crippen LogP contribution in [-0.4, -0.2) is 37.9 Å². The number of nitrogens with zero attached hydrogens (tertiary/aromatic N) is 2. The first-order chi connectivity index (χ1) is 14.5. The first-order valence-electron chi connectivity index (χ1n) is 9.17. The number of fused-ring (bicyclic) bond motifs is 1. The van der Waals surface area contributed by atoms with Gasteiger partial charge in [-0.05, 0) is 18.2 Å². The van der Waals surface area contributed by atoms with Crippen molar-refractivity contribution in [3.8, 4) is 0 Å². The first-order valence-corrected chi connectivity index (χ1v) is 9.17. The maximum Gasteiger partial charge on any atom is 0.336 e. The van der Waals surface area contributed by atoms with Crippen LogP contribution in [0.2, 0.25) is 0 Å². The Labute approximate surface area is 171 Å². The van der Waals surface area contributed by atoms with Crippen LogP contribution in [0.5, 0.6) is 0 Å². The van der Waals surface area contributed by atoms with E-state index in [-0.39, 0.29) is 5.71 Å². The Balaban J connectivity index is 1.98. The number of para-hydroxylation sites is 2. The number of carbonyl (C=O) groups excluding carboxylic acids is 2. The molecular formula is C22H18N2O6. The van der Waals surface area contributed by atoms with Crippen molar-refractivity contribution in [3.05, 3.63) is 76.6 Å². The molecule has 4 rings (SSSR count). The first kappa shape index (κ1) is 19.4. The van der Waals surface area contributed by atoms with Crippen molar-refractivity contribution >= 4 is 34.3 Å². The van der Waals surface area contributed by atoms with Crippen molar-refractivity contribution in [2.45, 2.75) is 6.04 Å². The summed E-state index contributed by atoms with van der Waals surface area (Å²) >= 11 is 0. The molecule has 0 radical (unpaired) electrons. The smallest absolute Gasteiger partial charge is 0.336 e. The number of hydrogen-bond donors (Lipinski definition) is 0. The molecule has 8 heteroatoms. The molecule has 1 aliphatic heterocycles.